The van der Waals surface area contributed by atoms with Gasteiger partial charge in [-0.1, -0.05) is 18.2 Å². The molecule has 24 heavy (non-hydrogen) atoms. The van der Waals surface area contributed by atoms with Crippen molar-refractivity contribution in [2.75, 3.05) is 25.5 Å². The van der Waals surface area contributed by atoms with Crippen LogP contribution in [0.2, 0.25) is 0 Å². The van der Waals surface area contributed by atoms with Crippen LogP contribution in [0.15, 0.2) is 53.7 Å². The van der Waals surface area contributed by atoms with Gasteiger partial charge in [0.15, 0.2) is 5.96 Å². The molecule has 0 aliphatic rings. The molecule has 0 amide bonds. The van der Waals surface area contributed by atoms with E-state index in [1.54, 1.807) is 6.20 Å². The number of nitrogens with one attached hydrogen (secondary N) is 2. The predicted molar refractivity (Wildman–Crippen MR) is 112 cm³/mol. The van der Waals surface area contributed by atoms with Gasteiger partial charge in [-0.25, -0.2) is 4.99 Å². The molecule has 1 heterocycles. The van der Waals surface area contributed by atoms with Crippen LogP contribution in [0.25, 0.3) is 0 Å². The number of pyridine rings is 1. The van der Waals surface area contributed by atoms with Crippen molar-refractivity contribution in [2.24, 2.45) is 4.99 Å². The minimum absolute atomic E-state index is 0. The Kier molecular flexibility index (Phi) is 9.14. The Labute approximate surface area is 161 Å². The Bertz CT molecular complexity index is 628. The number of rotatable bonds is 6. The lowest BCUT2D eigenvalue weighted by atomic mass is 10.2. The van der Waals surface area contributed by atoms with Crippen molar-refractivity contribution < 1.29 is 0 Å². The summed E-state index contributed by atoms with van der Waals surface area (Å²) in [5.41, 5.74) is 3.36. The van der Waals surface area contributed by atoms with E-state index in [4.69, 9.17) is 0 Å². The summed E-state index contributed by atoms with van der Waals surface area (Å²) in [4.78, 5) is 11.1. The molecule has 0 spiro atoms. The van der Waals surface area contributed by atoms with Crippen molar-refractivity contribution in [3.63, 3.8) is 0 Å². The molecule has 0 radical (unpaired) electrons. The van der Waals surface area contributed by atoms with Gasteiger partial charge in [-0.15, -0.1) is 24.0 Å². The van der Waals surface area contributed by atoms with Crippen LogP contribution in [0.1, 0.15) is 18.2 Å². The number of halogens is 1. The Hall–Kier alpha value is -1.83. The lowest BCUT2D eigenvalue weighted by molar-refractivity contribution is 0.799. The number of aromatic nitrogens is 1. The standard InChI is InChI=1S/C18H25N5.HI/c1-4-19-18(22-14-16-9-5-6-11-20-16)21-13-15-8-7-10-17(12-15)23(2)3;/h5-12H,4,13-14H2,1-3H3,(H2,19,21,22);1H. The van der Waals surface area contributed by atoms with Crippen LogP contribution in [-0.2, 0) is 13.1 Å². The fourth-order valence-corrected chi connectivity index (χ4v) is 2.12. The molecule has 0 saturated carbocycles. The molecule has 0 unspecified atom stereocenters. The average molecular weight is 439 g/mol. The molecule has 0 saturated heterocycles. The summed E-state index contributed by atoms with van der Waals surface area (Å²) in [5.74, 6) is 0.799. The van der Waals surface area contributed by atoms with Crippen LogP contribution in [0.5, 0.6) is 0 Å². The summed E-state index contributed by atoms with van der Waals surface area (Å²) >= 11 is 0. The maximum Gasteiger partial charge on any atom is 0.191 e. The average Bonchev–Trinajstić information content (AvgIpc) is 2.58. The van der Waals surface area contributed by atoms with Crippen LogP contribution < -0.4 is 15.5 Å². The minimum Gasteiger partial charge on any atom is -0.378 e. The summed E-state index contributed by atoms with van der Waals surface area (Å²) in [7, 11) is 4.09. The van der Waals surface area contributed by atoms with Crippen LogP contribution in [0, 0.1) is 0 Å². The summed E-state index contributed by atoms with van der Waals surface area (Å²) in [6.07, 6.45) is 1.80. The second-order valence-electron chi connectivity index (χ2n) is 5.43. The summed E-state index contributed by atoms with van der Waals surface area (Å²) in [6, 6.07) is 14.3. The van der Waals surface area contributed by atoms with Crippen LogP contribution >= 0.6 is 24.0 Å². The van der Waals surface area contributed by atoms with Gasteiger partial charge in [0.05, 0.1) is 18.8 Å². The maximum absolute atomic E-state index is 4.65. The van der Waals surface area contributed by atoms with Crippen molar-refractivity contribution in [3.8, 4) is 0 Å². The van der Waals surface area contributed by atoms with E-state index in [2.05, 4.69) is 56.7 Å². The van der Waals surface area contributed by atoms with Crippen molar-refractivity contribution in [2.45, 2.75) is 20.0 Å². The first-order valence-electron chi connectivity index (χ1n) is 7.87. The summed E-state index contributed by atoms with van der Waals surface area (Å²) < 4.78 is 0. The zero-order valence-corrected chi connectivity index (χ0v) is 16.8. The fourth-order valence-electron chi connectivity index (χ4n) is 2.12. The second-order valence-corrected chi connectivity index (χ2v) is 5.43. The molecule has 0 aliphatic carbocycles. The molecule has 0 bridgehead atoms. The lowest BCUT2D eigenvalue weighted by Crippen LogP contribution is -2.37. The third-order valence-corrected chi connectivity index (χ3v) is 3.35. The van der Waals surface area contributed by atoms with Gasteiger partial charge in [-0.2, -0.15) is 0 Å². The molecule has 0 fully saturated rings. The third-order valence-electron chi connectivity index (χ3n) is 3.35. The largest absolute Gasteiger partial charge is 0.378 e. The number of hydrogen-bond acceptors (Lipinski definition) is 3. The van der Waals surface area contributed by atoms with Gasteiger partial charge in [0, 0.05) is 32.5 Å². The zero-order valence-electron chi connectivity index (χ0n) is 14.5. The van der Waals surface area contributed by atoms with Crippen molar-refractivity contribution in [1.82, 2.24) is 15.6 Å². The van der Waals surface area contributed by atoms with E-state index in [0.717, 1.165) is 18.2 Å². The van der Waals surface area contributed by atoms with E-state index in [1.807, 2.05) is 32.3 Å². The number of guanidine groups is 1. The second kappa shape index (κ2) is 10.9. The van der Waals surface area contributed by atoms with Gasteiger partial charge < -0.3 is 15.5 Å². The number of anilines is 1. The molecule has 1 aromatic heterocycles. The van der Waals surface area contributed by atoms with Crippen molar-refractivity contribution in [3.05, 3.63) is 59.9 Å². The normalized spacial score (nSPS) is 10.7. The molecule has 2 N–H and O–H groups in total. The number of benzene rings is 1. The highest BCUT2D eigenvalue weighted by atomic mass is 127. The van der Waals surface area contributed by atoms with Gasteiger partial charge in [0.1, 0.15) is 0 Å². The topological polar surface area (TPSA) is 52.6 Å². The van der Waals surface area contributed by atoms with Gasteiger partial charge in [-0.3, -0.25) is 4.98 Å². The van der Waals surface area contributed by atoms with E-state index < -0.39 is 0 Å². The van der Waals surface area contributed by atoms with Gasteiger partial charge in [-0.05, 0) is 36.8 Å². The number of nitrogens with zero attached hydrogens (tertiary/aromatic N) is 3. The first-order valence-corrected chi connectivity index (χ1v) is 7.87. The highest BCUT2D eigenvalue weighted by Gasteiger charge is 2.00. The highest BCUT2D eigenvalue weighted by molar-refractivity contribution is 14.0. The Balaban J connectivity index is 0.00000288. The Morgan fingerprint density at radius 2 is 1.96 bits per heavy atom. The highest BCUT2D eigenvalue weighted by Crippen LogP contribution is 2.13. The van der Waals surface area contributed by atoms with Crippen LogP contribution in [0.3, 0.4) is 0 Å². The quantitative estimate of drug-likeness (QED) is 0.413. The van der Waals surface area contributed by atoms with Crippen LogP contribution in [-0.4, -0.2) is 31.6 Å². The zero-order chi connectivity index (χ0) is 16.5. The molecule has 0 atom stereocenters. The summed E-state index contributed by atoms with van der Waals surface area (Å²) in [5, 5.41) is 6.57. The SMILES string of the molecule is CCNC(=NCc1cccc(N(C)C)c1)NCc1ccccn1.I. The third kappa shape index (κ3) is 6.74. The fraction of sp³-hybridized carbons (Fsp3) is 0.333. The molecule has 0 aliphatic heterocycles. The molecule has 130 valence electrons. The molecule has 1 aromatic carbocycles. The Morgan fingerprint density at radius 1 is 1.12 bits per heavy atom. The molecule has 2 rings (SSSR count). The Morgan fingerprint density at radius 3 is 2.62 bits per heavy atom. The molecular weight excluding hydrogens is 413 g/mol. The van der Waals surface area contributed by atoms with Gasteiger partial charge in [0.2, 0.25) is 0 Å². The molecular formula is C18H26IN5. The van der Waals surface area contributed by atoms with Crippen molar-refractivity contribution >= 4 is 35.6 Å². The van der Waals surface area contributed by atoms with E-state index in [1.165, 1.54) is 11.3 Å². The maximum atomic E-state index is 4.65. The first-order chi connectivity index (χ1) is 11.2. The number of hydrogen-bond donors (Lipinski definition) is 2. The monoisotopic (exact) mass is 439 g/mol. The molecule has 5 nitrogen and oxygen atoms in total. The van der Waals surface area contributed by atoms with E-state index in [0.29, 0.717) is 13.1 Å². The van der Waals surface area contributed by atoms with E-state index >= 15 is 0 Å². The van der Waals surface area contributed by atoms with E-state index in [-0.39, 0.29) is 24.0 Å². The lowest BCUT2D eigenvalue weighted by Gasteiger charge is -2.14. The van der Waals surface area contributed by atoms with Gasteiger partial charge in [0.25, 0.3) is 0 Å². The number of aliphatic imine (C=N–C) groups is 1. The molecule has 2 aromatic rings. The predicted octanol–water partition coefficient (Wildman–Crippen LogP) is 3.02. The minimum atomic E-state index is 0. The summed E-state index contributed by atoms with van der Waals surface area (Å²) in [6.45, 7) is 4.18. The van der Waals surface area contributed by atoms with Crippen LogP contribution in [0.4, 0.5) is 5.69 Å². The van der Waals surface area contributed by atoms with E-state index in [9.17, 15) is 0 Å². The first kappa shape index (κ1) is 20.2. The smallest absolute Gasteiger partial charge is 0.191 e. The molecule has 6 heteroatoms. The van der Waals surface area contributed by atoms with Gasteiger partial charge >= 0.3 is 0 Å². The van der Waals surface area contributed by atoms with Crippen molar-refractivity contribution in [1.29, 1.82) is 0 Å².